The quantitative estimate of drug-likeness (QED) is 0.460. The third-order valence-electron chi connectivity index (χ3n) is 4.34. The van der Waals surface area contributed by atoms with Gasteiger partial charge in [-0.1, -0.05) is 30.3 Å². The van der Waals surface area contributed by atoms with Crippen LogP contribution in [-0.4, -0.2) is 33.6 Å². The zero-order chi connectivity index (χ0) is 20.6. The molecule has 0 amide bonds. The highest BCUT2D eigenvalue weighted by Gasteiger charge is 2.20. The van der Waals surface area contributed by atoms with Gasteiger partial charge in [0.1, 0.15) is 16.6 Å². The van der Waals surface area contributed by atoms with Gasteiger partial charge in [0.15, 0.2) is 5.76 Å². The maximum atomic E-state index is 13.0. The Balaban J connectivity index is 1.67. The van der Waals surface area contributed by atoms with Crippen LogP contribution in [0, 0.1) is 5.82 Å². The lowest BCUT2D eigenvalue weighted by molar-refractivity contribution is 0.119. The number of phenolic OH excluding ortho intramolecular Hbond substituents is 1. The summed E-state index contributed by atoms with van der Waals surface area (Å²) in [4.78, 5) is 13.1. The van der Waals surface area contributed by atoms with Crippen molar-refractivity contribution < 1.29 is 24.1 Å². The average molecular weight is 415 g/mol. The van der Waals surface area contributed by atoms with Crippen molar-refractivity contribution in [1.82, 2.24) is 4.90 Å². The summed E-state index contributed by atoms with van der Waals surface area (Å²) in [6.45, 7) is 1.13. The molecule has 5 nitrogen and oxygen atoms in total. The molecule has 0 spiro atoms. The van der Waals surface area contributed by atoms with E-state index >= 15 is 0 Å². The Morgan fingerprint density at radius 3 is 2.69 bits per heavy atom. The fourth-order valence-corrected chi connectivity index (χ4v) is 4.09. The van der Waals surface area contributed by atoms with Crippen molar-refractivity contribution in [3.8, 4) is 5.75 Å². The molecule has 7 heteroatoms. The van der Waals surface area contributed by atoms with Gasteiger partial charge in [-0.15, -0.1) is 11.8 Å². The van der Waals surface area contributed by atoms with E-state index in [9.17, 15) is 14.3 Å². The lowest BCUT2D eigenvalue weighted by atomic mass is 10.1. The second-order valence-corrected chi connectivity index (χ2v) is 7.65. The molecule has 0 atom stereocenters. The first-order chi connectivity index (χ1) is 14.0. The number of thioether (sulfide) groups is 1. The summed E-state index contributed by atoms with van der Waals surface area (Å²) < 4.78 is 18.0. The van der Waals surface area contributed by atoms with Gasteiger partial charge in [0.05, 0.1) is 0 Å². The number of phenols is 1. The van der Waals surface area contributed by atoms with E-state index in [1.807, 2.05) is 17.0 Å². The van der Waals surface area contributed by atoms with Crippen molar-refractivity contribution in [1.29, 1.82) is 0 Å². The van der Waals surface area contributed by atoms with Crippen LogP contribution in [0.4, 0.5) is 9.18 Å². The first-order valence-corrected chi connectivity index (χ1v) is 10.2. The highest BCUT2D eigenvalue weighted by Crippen LogP contribution is 2.31. The van der Waals surface area contributed by atoms with Crippen LogP contribution >= 0.6 is 11.8 Å². The molecule has 0 saturated heterocycles. The molecule has 3 rings (SSSR count). The van der Waals surface area contributed by atoms with Gasteiger partial charge in [-0.2, -0.15) is 0 Å². The topological polar surface area (TPSA) is 70.0 Å². The summed E-state index contributed by atoms with van der Waals surface area (Å²) in [5.74, 6) is 0.995. The smallest absolute Gasteiger partial charge is 0.508 e. The fraction of sp³-hybridized carbons (Fsp3) is 0.227. The van der Waals surface area contributed by atoms with Crippen LogP contribution in [0.3, 0.4) is 0 Å². The standard InChI is InChI=1S/C22H22FNO4S/c23-18-10-8-16(9-11-18)5-3-13-29-21-20(28-22(26)27)7-2-12-24(21)15-17-4-1-6-19(25)14-17/h1-2,4,6-11,14,25H,3,5,12-13,15H2,(H,26,27). The SMILES string of the molecule is O=C(O)OC1=C(SCCCc2ccc(F)cc2)N(Cc2cccc(O)c2)CC=C1. The molecule has 0 saturated carbocycles. The fourth-order valence-electron chi connectivity index (χ4n) is 3.04. The molecule has 2 aromatic rings. The molecular formula is C22H22FNO4S. The van der Waals surface area contributed by atoms with Crippen LogP contribution in [-0.2, 0) is 17.7 Å². The molecular weight excluding hydrogens is 393 g/mol. The van der Waals surface area contributed by atoms with E-state index in [0.717, 1.165) is 34.8 Å². The number of aromatic hydroxyl groups is 1. The van der Waals surface area contributed by atoms with Crippen LogP contribution in [0.5, 0.6) is 5.75 Å². The third kappa shape index (κ3) is 6.29. The number of nitrogens with zero attached hydrogens (tertiary/aromatic N) is 1. The molecule has 0 radical (unpaired) electrons. The number of carboxylic acid groups (broad SMARTS) is 1. The van der Waals surface area contributed by atoms with E-state index in [4.69, 9.17) is 9.84 Å². The van der Waals surface area contributed by atoms with Crippen molar-refractivity contribution in [3.05, 3.63) is 88.4 Å². The predicted octanol–water partition coefficient (Wildman–Crippen LogP) is 5.13. The monoisotopic (exact) mass is 415 g/mol. The number of carbonyl (C=O) groups is 1. The molecule has 0 aromatic heterocycles. The summed E-state index contributed by atoms with van der Waals surface area (Å²) in [5.41, 5.74) is 1.97. The maximum Gasteiger partial charge on any atom is 0.511 e. The van der Waals surface area contributed by atoms with Crippen molar-refractivity contribution in [2.45, 2.75) is 19.4 Å². The van der Waals surface area contributed by atoms with Crippen LogP contribution in [0.25, 0.3) is 0 Å². The molecule has 0 aliphatic carbocycles. The highest BCUT2D eigenvalue weighted by atomic mass is 32.2. The second-order valence-electron chi connectivity index (χ2n) is 6.57. The Labute approximate surface area is 173 Å². The van der Waals surface area contributed by atoms with Gasteiger partial charge in [0.25, 0.3) is 0 Å². The lowest BCUT2D eigenvalue weighted by Crippen LogP contribution is -2.26. The molecule has 2 aromatic carbocycles. The Kier molecular flexibility index (Phi) is 7.19. The van der Waals surface area contributed by atoms with Gasteiger partial charge in [-0.3, -0.25) is 0 Å². The molecule has 0 unspecified atom stereocenters. The van der Waals surface area contributed by atoms with Crippen molar-refractivity contribution >= 4 is 17.9 Å². The number of halogens is 1. The van der Waals surface area contributed by atoms with E-state index in [1.165, 1.54) is 23.9 Å². The largest absolute Gasteiger partial charge is 0.511 e. The third-order valence-corrected chi connectivity index (χ3v) is 5.56. The minimum atomic E-state index is -1.35. The second kappa shape index (κ2) is 10.0. The first-order valence-electron chi connectivity index (χ1n) is 9.23. The van der Waals surface area contributed by atoms with Crippen LogP contribution in [0.2, 0.25) is 0 Å². The van der Waals surface area contributed by atoms with Gasteiger partial charge in [0, 0.05) is 13.1 Å². The summed E-state index contributed by atoms with van der Waals surface area (Å²) in [6.07, 6.45) is 3.83. The van der Waals surface area contributed by atoms with E-state index in [1.54, 1.807) is 36.4 Å². The van der Waals surface area contributed by atoms with E-state index in [0.29, 0.717) is 18.8 Å². The van der Waals surface area contributed by atoms with Crippen molar-refractivity contribution in [3.63, 3.8) is 0 Å². The van der Waals surface area contributed by atoms with Gasteiger partial charge in [-0.25, -0.2) is 9.18 Å². The lowest BCUT2D eigenvalue weighted by Gasteiger charge is -2.29. The van der Waals surface area contributed by atoms with Gasteiger partial charge < -0.3 is 19.8 Å². The molecule has 1 aliphatic rings. The molecule has 1 aliphatic heterocycles. The van der Waals surface area contributed by atoms with E-state index in [-0.39, 0.29) is 11.6 Å². The van der Waals surface area contributed by atoms with Crippen LogP contribution in [0.15, 0.2) is 71.5 Å². The Morgan fingerprint density at radius 1 is 1.17 bits per heavy atom. The summed E-state index contributed by atoms with van der Waals surface area (Å²) >= 11 is 1.53. The van der Waals surface area contributed by atoms with E-state index < -0.39 is 6.16 Å². The molecule has 1 heterocycles. The number of ether oxygens (including phenoxy) is 1. The van der Waals surface area contributed by atoms with Crippen LogP contribution in [0.1, 0.15) is 17.5 Å². The average Bonchev–Trinajstić information content (AvgIpc) is 2.68. The predicted molar refractivity (Wildman–Crippen MR) is 111 cm³/mol. The minimum absolute atomic E-state index is 0.189. The Morgan fingerprint density at radius 2 is 1.97 bits per heavy atom. The number of allylic oxidation sites excluding steroid dienone is 1. The van der Waals surface area contributed by atoms with Crippen molar-refractivity contribution in [2.75, 3.05) is 12.3 Å². The van der Waals surface area contributed by atoms with E-state index in [2.05, 4.69) is 0 Å². The minimum Gasteiger partial charge on any atom is -0.508 e. The van der Waals surface area contributed by atoms with Crippen molar-refractivity contribution in [2.24, 2.45) is 0 Å². The van der Waals surface area contributed by atoms with Gasteiger partial charge in [-0.05, 0) is 60.1 Å². The van der Waals surface area contributed by atoms with Crippen LogP contribution < -0.4 is 0 Å². The highest BCUT2D eigenvalue weighted by molar-refractivity contribution is 8.03. The number of hydrogen-bond donors (Lipinski definition) is 2. The zero-order valence-corrected chi connectivity index (χ0v) is 16.6. The summed E-state index contributed by atoms with van der Waals surface area (Å²) in [6, 6.07) is 13.4. The molecule has 29 heavy (non-hydrogen) atoms. The summed E-state index contributed by atoms with van der Waals surface area (Å²) in [5, 5.41) is 19.5. The number of rotatable bonds is 8. The number of aryl methyl sites for hydroxylation is 1. The maximum absolute atomic E-state index is 13.0. The number of benzene rings is 2. The first kappa shape index (κ1) is 20.8. The normalized spacial score (nSPS) is 13.6. The molecule has 2 N–H and O–H groups in total. The molecule has 152 valence electrons. The summed E-state index contributed by atoms with van der Waals surface area (Å²) in [7, 11) is 0. The molecule has 0 bridgehead atoms. The Bertz CT molecular complexity index is 911. The molecule has 0 fully saturated rings. The van der Waals surface area contributed by atoms with Gasteiger partial charge >= 0.3 is 6.16 Å². The Hall–Kier alpha value is -2.93. The zero-order valence-electron chi connectivity index (χ0n) is 15.8. The van der Waals surface area contributed by atoms with Gasteiger partial charge in [0.2, 0.25) is 0 Å². The number of hydrogen-bond acceptors (Lipinski definition) is 5.